The van der Waals surface area contributed by atoms with Gasteiger partial charge >= 0.3 is 11.9 Å². The molecule has 0 bridgehead atoms. The minimum Gasteiger partial charge on any atom is -0.461 e. The summed E-state index contributed by atoms with van der Waals surface area (Å²) in [5.74, 6) is -0.618. The van der Waals surface area contributed by atoms with Crippen molar-refractivity contribution < 1.29 is 24.2 Å². The standard InChI is InChI=1S/C16H20O5/c1-14-4-3-5-15(2)12(14)10(21-13(14)18)6-9-8-20-11(17)7-16(9,15)19/h6,10,12,19H,3-5,7-8H2,1-2H3/t10-,12+,14+,15+,16-/m1/s1. The molecule has 2 aliphatic carbocycles. The van der Waals surface area contributed by atoms with Gasteiger partial charge in [-0.15, -0.1) is 0 Å². The van der Waals surface area contributed by atoms with E-state index in [4.69, 9.17) is 9.47 Å². The van der Waals surface area contributed by atoms with Crippen LogP contribution in [0.4, 0.5) is 0 Å². The lowest BCUT2D eigenvalue weighted by atomic mass is 9.46. The number of rotatable bonds is 0. The SMILES string of the molecule is C[C@@]12CCC[C@]3(C)C(=O)O[C@H](C=C4COC(=O)C[C@@]41O)[C@H]23. The number of carbonyl (C=O) groups excluding carboxylic acids is 2. The number of hydrogen-bond donors (Lipinski definition) is 1. The van der Waals surface area contributed by atoms with Crippen LogP contribution in [0.2, 0.25) is 0 Å². The Morgan fingerprint density at radius 1 is 1.29 bits per heavy atom. The van der Waals surface area contributed by atoms with Crippen molar-refractivity contribution in [2.24, 2.45) is 16.7 Å². The van der Waals surface area contributed by atoms with E-state index < -0.39 is 16.4 Å². The maximum Gasteiger partial charge on any atom is 0.312 e. The lowest BCUT2D eigenvalue weighted by molar-refractivity contribution is -0.183. The van der Waals surface area contributed by atoms with Crippen molar-refractivity contribution in [3.05, 3.63) is 11.6 Å². The lowest BCUT2D eigenvalue weighted by Gasteiger charge is -2.58. The van der Waals surface area contributed by atoms with Gasteiger partial charge in [-0.2, -0.15) is 0 Å². The number of fused-ring (bicyclic) bond motifs is 2. The van der Waals surface area contributed by atoms with Gasteiger partial charge in [0.2, 0.25) is 0 Å². The van der Waals surface area contributed by atoms with Crippen molar-refractivity contribution in [3.8, 4) is 0 Å². The third kappa shape index (κ3) is 1.36. The fourth-order valence-electron chi connectivity index (χ4n) is 5.32. The van der Waals surface area contributed by atoms with Crippen LogP contribution in [0, 0.1) is 16.7 Å². The summed E-state index contributed by atoms with van der Waals surface area (Å²) in [6.45, 7) is 4.05. The maximum atomic E-state index is 12.4. The van der Waals surface area contributed by atoms with Crippen molar-refractivity contribution in [1.82, 2.24) is 0 Å². The fourth-order valence-corrected chi connectivity index (χ4v) is 5.32. The summed E-state index contributed by atoms with van der Waals surface area (Å²) in [6, 6.07) is 0. The molecule has 0 aromatic carbocycles. The molecule has 2 saturated heterocycles. The van der Waals surface area contributed by atoms with Crippen LogP contribution in [0.1, 0.15) is 39.5 Å². The monoisotopic (exact) mass is 292 g/mol. The highest BCUT2D eigenvalue weighted by molar-refractivity contribution is 5.81. The molecule has 3 fully saturated rings. The molecular weight excluding hydrogens is 272 g/mol. The molecule has 2 aliphatic heterocycles. The molecule has 0 radical (unpaired) electrons. The number of aliphatic hydroxyl groups is 1. The first kappa shape index (κ1) is 13.3. The molecular formula is C16H20O5. The molecule has 0 amide bonds. The van der Waals surface area contributed by atoms with Crippen LogP contribution in [-0.4, -0.2) is 35.4 Å². The Morgan fingerprint density at radius 2 is 2.05 bits per heavy atom. The Bertz CT molecular complexity index is 581. The first-order valence-electron chi connectivity index (χ1n) is 7.61. The molecule has 0 unspecified atom stereocenters. The second-order valence-corrected chi connectivity index (χ2v) is 7.43. The van der Waals surface area contributed by atoms with E-state index in [2.05, 4.69) is 0 Å². The van der Waals surface area contributed by atoms with E-state index in [9.17, 15) is 14.7 Å². The second-order valence-electron chi connectivity index (χ2n) is 7.43. The summed E-state index contributed by atoms with van der Waals surface area (Å²) in [7, 11) is 0. The normalized spacial score (nSPS) is 51.5. The molecule has 21 heavy (non-hydrogen) atoms. The van der Waals surface area contributed by atoms with Gasteiger partial charge in [-0.05, 0) is 31.4 Å². The zero-order valence-corrected chi connectivity index (χ0v) is 12.3. The summed E-state index contributed by atoms with van der Waals surface area (Å²) in [6.07, 6.45) is 3.93. The van der Waals surface area contributed by atoms with Gasteiger partial charge in [0, 0.05) is 11.3 Å². The highest BCUT2D eigenvalue weighted by atomic mass is 16.6. The highest BCUT2D eigenvalue weighted by Gasteiger charge is 2.70. The molecule has 0 aromatic heterocycles. The van der Waals surface area contributed by atoms with Gasteiger partial charge in [0.15, 0.2) is 0 Å². The number of cyclic esters (lactones) is 1. The van der Waals surface area contributed by atoms with Gasteiger partial charge in [0.25, 0.3) is 0 Å². The molecule has 4 aliphatic rings. The third-order valence-electron chi connectivity index (χ3n) is 6.43. The Balaban J connectivity index is 1.91. The summed E-state index contributed by atoms with van der Waals surface area (Å²) in [5, 5.41) is 11.3. The largest absolute Gasteiger partial charge is 0.461 e. The summed E-state index contributed by atoms with van der Waals surface area (Å²) < 4.78 is 10.7. The van der Waals surface area contributed by atoms with Crippen molar-refractivity contribution in [2.45, 2.75) is 51.2 Å². The van der Waals surface area contributed by atoms with E-state index in [-0.39, 0.29) is 37.0 Å². The average molecular weight is 292 g/mol. The first-order chi connectivity index (χ1) is 9.81. The van der Waals surface area contributed by atoms with Crippen LogP contribution in [-0.2, 0) is 19.1 Å². The topological polar surface area (TPSA) is 72.8 Å². The third-order valence-corrected chi connectivity index (χ3v) is 6.43. The molecule has 5 nitrogen and oxygen atoms in total. The highest BCUT2D eigenvalue weighted by Crippen LogP contribution is 2.65. The molecule has 114 valence electrons. The molecule has 0 spiro atoms. The summed E-state index contributed by atoms with van der Waals surface area (Å²) >= 11 is 0. The van der Waals surface area contributed by atoms with Crippen LogP contribution in [0.25, 0.3) is 0 Å². The molecule has 0 aromatic rings. The Morgan fingerprint density at radius 3 is 2.81 bits per heavy atom. The van der Waals surface area contributed by atoms with Crippen LogP contribution in [0.3, 0.4) is 0 Å². The summed E-state index contributed by atoms with van der Waals surface area (Å²) in [4.78, 5) is 24.1. The van der Waals surface area contributed by atoms with Crippen molar-refractivity contribution >= 4 is 11.9 Å². The van der Waals surface area contributed by atoms with Gasteiger partial charge in [0.05, 0.1) is 11.8 Å². The minimum atomic E-state index is -1.21. The van der Waals surface area contributed by atoms with Gasteiger partial charge in [-0.3, -0.25) is 9.59 Å². The predicted octanol–water partition coefficient (Wildman–Crippen LogP) is 1.34. The molecule has 1 saturated carbocycles. The van der Waals surface area contributed by atoms with Crippen LogP contribution >= 0.6 is 0 Å². The molecule has 5 atom stereocenters. The zero-order chi connectivity index (χ0) is 15.0. The Kier molecular flexibility index (Phi) is 2.34. The number of ether oxygens (including phenoxy) is 2. The van der Waals surface area contributed by atoms with E-state index in [0.29, 0.717) is 5.57 Å². The van der Waals surface area contributed by atoms with Gasteiger partial charge in [0.1, 0.15) is 18.3 Å². The quantitative estimate of drug-likeness (QED) is 0.539. The van der Waals surface area contributed by atoms with E-state index in [0.717, 1.165) is 19.3 Å². The van der Waals surface area contributed by atoms with Crippen LogP contribution < -0.4 is 0 Å². The Labute approximate surface area is 123 Å². The van der Waals surface area contributed by atoms with Crippen LogP contribution in [0.15, 0.2) is 11.6 Å². The van der Waals surface area contributed by atoms with Gasteiger partial charge in [-0.25, -0.2) is 0 Å². The van der Waals surface area contributed by atoms with E-state index in [1.165, 1.54) is 0 Å². The maximum absolute atomic E-state index is 12.4. The second kappa shape index (κ2) is 3.69. The number of hydrogen-bond acceptors (Lipinski definition) is 5. The molecule has 1 N–H and O–H groups in total. The van der Waals surface area contributed by atoms with Gasteiger partial charge < -0.3 is 14.6 Å². The van der Waals surface area contributed by atoms with E-state index >= 15 is 0 Å². The van der Waals surface area contributed by atoms with Crippen molar-refractivity contribution in [3.63, 3.8) is 0 Å². The predicted molar refractivity (Wildman–Crippen MR) is 72.0 cm³/mol. The van der Waals surface area contributed by atoms with Crippen LogP contribution in [0.5, 0.6) is 0 Å². The van der Waals surface area contributed by atoms with E-state index in [1.807, 2.05) is 19.9 Å². The average Bonchev–Trinajstić information content (AvgIpc) is 2.65. The van der Waals surface area contributed by atoms with Crippen molar-refractivity contribution in [1.29, 1.82) is 0 Å². The Hall–Kier alpha value is -1.36. The molecule has 4 rings (SSSR count). The lowest BCUT2D eigenvalue weighted by Crippen LogP contribution is -2.64. The van der Waals surface area contributed by atoms with E-state index in [1.54, 1.807) is 0 Å². The molecule has 5 heteroatoms. The molecule has 2 heterocycles. The number of esters is 2. The fraction of sp³-hybridized carbons (Fsp3) is 0.750. The van der Waals surface area contributed by atoms with Crippen molar-refractivity contribution in [2.75, 3.05) is 6.61 Å². The number of carbonyl (C=O) groups is 2. The minimum absolute atomic E-state index is 0.0250. The summed E-state index contributed by atoms with van der Waals surface area (Å²) in [5.41, 5.74) is -1.60. The zero-order valence-electron chi connectivity index (χ0n) is 12.3. The smallest absolute Gasteiger partial charge is 0.312 e. The van der Waals surface area contributed by atoms with Gasteiger partial charge in [-0.1, -0.05) is 13.3 Å². The first-order valence-corrected chi connectivity index (χ1v) is 7.61.